The summed E-state index contributed by atoms with van der Waals surface area (Å²) < 4.78 is 10.6. The molecule has 0 radical (unpaired) electrons. The highest BCUT2D eigenvalue weighted by Crippen LogP contribution is 2.20. The van der Waals surface area contributed by atoms with Crippen LogP contribution in [0.2, 0.25) is 0 Å². The molecule has 1 amide bonds. The quantitative estimate of drug-likeness (QED) is 0.799. The average Bonchev–Trinajstić information content (AvgIpc) is 2.57. The maximum Gasteiger partial charge on any atom is 0.338 e. The van der Waals surface area contributed by atoms with Crippen LogP contribution in [0.15, 0.2) is 42.5 Å². The summed E-state index contributed by atoms with van der Waals surface area (Å²) in [6, 6.07) is 12.0. The van der Waals surface area contributed by atoms with Gasteiger partial charge in [-0.15, -0.1) is 0 Å². The van der Waals surface area contributed by atoms with Crippen molar-refractivity contribution in [2.45, 2.75) is 33.8 Å². The number of carbonyl (C=O) groups is 2. The number of nitrogens with one attached hydrogen (secondary N) is 1. The number of aryl methyl sites for hydroxylation is 1. The third-order valence-electron chi connectivity index (χ3n) is 3.49. The molecule has 2 aromatic carbocycles. The van der Waals surface area contributed by atoms with Gasteiger partial charge in [-0.25, -0.2) is 4.79 Å². The lowest BCUT2D eigenvalue weighted by atomic mass is 10.1. The minimum Gasteiger partial charge on any atom is -0.491 e. The van der Waals surface area contributed by atoms with Crippen molar-refractivity contribution in [1.29, 1.82) is 0 Å². The monoisotopic (exact) mass is 341 g/mol. The van der Waals surface area contributed by atoms with E-state index in [4.69, 9.17) is 9.47 Å². The molecule has 25 heavy (non-hydrogen) atoms. The highest BCUT2D eigenvalue weighted by atomic mass is 16.5. The van der Waals surface area contributed by atoms with Crippen molar-refractivity contribution in [3.63, 3.8) is 0 Å². The number of amides is 1. The van der Waals surface area contributed by atoms with Gasteiger partial charge >= 0.3 is 5.97 Å². The van der Waals surface area contributed by atoms with Crippen LogP contribution < -0.4 is 10.1 Å². The molecular formula is C20H23NO4. The maximum absolute atomic E-state index is 12.4. The van der Waals surface area contributed by atoms with E-state index in [9.17, 15) is 9.59 Å². The first-order chi connectivity index (χ1) is 11.9. The first-order valence-electron chi connectivity index (χ1n) is 8.26. The van der Waals surface area contributed by atoms with Gasteiger partial charge in [-0.2, -0.15) is 0 Å². The Morgan fingerprint density at radius 2 is 1.68 bits per heavy atom. The molecule has 0 bridgehead atoms. The van der Waals surface area contributed by atoms with Crippen LogP contribution in [0, 0.1) is 6.92 Å². The summed E-state index contributed by atoms with van der Waals surface area (Å²) in [6.45, 7) is 7.81. The van der Waals surface area contributed by atoms with Crippen LogP contribution in [0.5, 0.6) is 5.75 Å². The lowest BCUT2D eigenvalue weighted by Gasteiger charge is -2.12. The molecule has 5 heteroatoms. The zero-order valence-electron chi connectivity index (χ0n) is 15.0. The average molecular weight is 341 g/mol. The first kappa shape index (κ1) is 18.5. The van der Waals surface area contributed by atoms with Crippen molar-refractivity contribution < 1.29 is 19.1 Å². The summed E-state index contributed by atoms with van der Waals surface area (Å²) in [4.78, 5) is 24.3. The SMILES string of the molecule is CCOC(=O)c1ccc(C)c(NC(=O)c2ccc(OC(C)C)cc2)c1. The van der Waals surface area contributed by atoms with E-state index in [-0.39, 0.29) is 12.0 Å². The molecule has 2 rings (SSSR count). The number of anilines is 1. The van der Waals surface area contributed by atoms with Crippen LogP contribution in [0.3, 0.4) is 0 Å². The fraction of sp³-hybridized carbons (Fsp3) is 0.300. The van der Waals surface area contributed by atoms with Crippen molar-refractivity contribution >= 4 is 17.6 Å². The van der Waals surface area contributed by atoms with Crippen LogP contribution in [-0.2, 0) is 4.74 Å². The highest BCUT2D eigenvalue weighted by Gasteiger charge is 2.12. The third-order valence-corrected chi connectivity index (χ3v) is 3.49. The molecule has 2 aromatic rings. The van der Waals surface area contributed by atoms with Gasteiger partial charge in [-0.05, 0) is 69.7 Å². The molecule has 0 heterocycles. The standard InChI is InChI=1S/C20H23NO4/c1-5-24-20(23)16-7-6-14(4)18(12-16)21-19(22)15-8-10-17(11-9-15)25-13(2)3/h6-13H,5H2,1-4H3,(H,21,22). The number of ether oxygens (including phenoxy) is 2. The van der Waals surface area contributed by atoms with E-state index >= 15 is 0 Å². The van der Waals surface area contributed by atoms with Crippen LogP contribution >= 0.6 is 0 Å². The molecular weight excluding hydrogens is 318 g/mol. The van der Waals surface area contributed by atoms with Crippen molar-refractivity contribution in [2.75, 3.05) is 11.9 Å². The number of benzene rings is 2. The number of hydrogen-bond donors (Lipinski definition) is 1. The first-order valence-corrected chi connectivity index (χ1v) is 8.26. The van der Waals surface area contributed by atoms with Gasteiger partial charge < -0.3 is 14.8 Å². The second kappa shape index (κ2) is 8.33. The number of rotatable bonds is 6. The van der Waals surface area contributed by atoms with Gasteiger partial charge in [0, 0.05) is 11.3 Å². The molecule has 0 aliphatic carbocycles. The summed E-state index contributed by atoms with van der Waals surface area (Å²) in [6.07, 6.45) is 0.0768. The number of esters is 1. The summed E-state index contributed by atoms with van der Waals surface area (Å²) in [5.74, 6) is 0.0560. The molecule has 0 atom stereocenters. The summed E-state index contributed by atoms with van der Waals surface area (Å²) in [5, 5.41) is 2.84. The van der Waals surface area contributed by atoms with Gasteiger partial charge in [0.05, 0.1) is 18.3 Å². The normalized spacial score (nSPS) is 10.4. The summed E-state index contributed by atoms with van der Waals surface area (Å²) >= 11 is 0. The molecule has 0 unspecified atom stereocenters. The van der Waals surface area contributed by atoms with Crippen molar-refractivity contribution in [1.82, 2.24) is 0 Å². The van der Waals surface area contributed by atoms with E-state index in [2.05, 4.69) is 5.32 Å². The Morgan fingerprint density at radius 3 is 2.28 bits per heavy atom. The van der Waals surface area contributed by atoms with E-state index < -0.39 is 5.97 Å². The molecule has 0 saturated carbocycles. The molecule has 0 fully saturated rings. The Kier molecular flexibility index (Phi) is 6.17. The molecule has 0 aromatic heterocycles. The van der Waals surface area contributed by atoms with Gasteiger partial charge in [-0.1, -0.05) is 6.07 Å². The van der Waals surface area contributed by atoms with Gasteiger partial charge in [0.25, 0.3) is 5.91 Å². The Hall–Kier alpha value is -2.82. The van der Waals surface area contributed by atoms with E-state index in [1.165, 1.54) is 0 Å². The third kappa shape index (κ3) is 5.08. The van der Waals surface area contributed by atoms with E-state index in [1.54, 1.807) is 49.4 Å². The highest BCUT2D eigenvalue weighted by molar-refractivity contribution is 6.05. The Morgan fingerprint density at radius 1 is 1.04 bits per heavy atom. The molecule has 0 aliphatic heterocycles. The van der Waals surface area contributed by atoms with Gasteiger partial charge in [0.15, 0.2) is 0 Å². The van der Waals surface area contributed by atoms with Crippen molar-refractivity contribution in [3.05, 3.63) is 59.2 Å². The van der Waals surface area contributed by atoms with Gasteiger partial charge in [-0.3, -0.25) is 4.79 Å². The van der Waals surface area contributed by atoms with Crippen LogP contribution in [0.25, 0.3) is 0 Å². The summed E-state index contributed by atoms with van der Waals surface area (Å²) in [7, 11) is 0. The second-order valence-corrected chi connectivity index (χ2v) is 5.90. The topological polar surface area (TPSA) is 64.6 Å². The van der Waals surface area contributed by atoms with Crippen molar-refractivity contribution in [2.24, 2.45) is 0 Å². The van der Waals surface area contributed by atoms with Crippen LogP contribution in [0.1, 0.15) is 47.1 Å². The zero-order valence-corrected chi connectivity index (χ0v) is 15.0. The van der Waals surface area contributed by atoms with Crippen LogP contribution in [-0.4, -0.2) is 24.6 Å². The molecule has 132 valence electrons. The predicted molar refractivity (Wildman–Crippen MR) is 97.3 cm³/mol. The molecule has 0 spiro atoms. The van der Waals surface area contributed by atoms with Crippen LogP contribution in [0.4, 0.5) is 5.69 Å². The van der Waals surface area contributed by atoms with Crippen molar-refractivity contribution in [3.8, 4) is 5.75 Å². The lowest BCUT2D eigenvalue weighted by Crippen LogP contribution is -2.14. The Bertz CT molecular complexity index is 751. The zero-order chi connectivity index (χ0) is 18.4. The second-order valence-electron chi connectivity index (χ2n) is 5.90. The molecule has 1 N–H and O–H groups in total. The smallest absolute Gasteiger partial charge is 0.338 e. The molecule has 0 saturated heterocycles. The number of carbonyl (C=O) groups excluding carboxylic acids is 2. The lowest BCUT2D eigenvalue weighted by molar-refractivity contribution is 0.0526. The number of hydrogen-bond acceptors (Lipinski definition) is 4. The minimum atomic E-state index is -0.409. The fourth-order valence-electron chi connectivity index (χ4n) is 2.25. The van der Waals surface area contributed by atoms with E-state index in [1.807, 2.05) is 20.8 Å². The minimum absolute atomic E-state index is 0.0768. The molecule has 0 aliphatic rings. The maximum atomic E-state index is 12.4. The van der Waals surface area contributed by atoms with Gasteiger partial charge in [0.2, 0.25) is 0 Å². The Labute approximate surface area is 148 Å². The van der Waals surface area contributed by atoms with E-state index in [0.717, 1.165) is 5.56 Å². The van der Waals surface area contributed by atoms with Gasteiger partial charge in [0.1, 0.15) is 5.75 Å². The largest absolute Gasteiger partial charge is 0.491 e. The fourth-order valence-corrected chi connectivity index (χ4v) is 2.25. The predicted octanol–water partition coefficient (Wildman–Crippen LogP) is 4.21. The van der Waals surface area contributed by atoms with E-state index in [0.29, 0.717) is 29.2 Å². The summed E-state index contributed by atoms with van der Waals surface area (Å²) in [5.41, 5.74) is 2.36. The Balaban J connectivity index is 2.14. The molecule has 5 nitrogen and oxygen atoms in total.